The lowest BCUT2D eigenvalue weighted by molar-refractivity contribution is -0.508. The Bertz CT molecular complexity index is 819. The highest BCUT2D eigenvalue weighted by Crippen LogP contribution is 2.38. The van der Waals surface area contributed by atoms with Crippen molar-refractivity contribution in [3.63, 3.8) is 0 Å². The summed E-state index contributed by atoms with van der Waals surface area (Å²) in [6.45, 7) is 4.29. The molecular formula is C17H16AlCl7N2. The van der Waals surface area contributed by atoms with Crippen LogP contribution in [0.3, 0.4) is 0 Å². The molecule has 0 bridgehead atoms. The Morgan fingerprint density at radius 1 is 0.926 bits per heavy atom. The predicted molar refractivity (Wildman–Crippen MR) is 123 cm³/mol. The largest absolute Gasteiger partial charge is 0.564 e. The van der Waals surface area contributed by atoms with Crippen molar-refractivity contribution in [2.24, 2.45) is 0 Å². The molecule has 1 aliphatic rings. The Morgan fingerprint density at radius 2 is 1.41 bits per heavy atom. The summed E-state index contributed by atoms with van der Waals surface area (Å²) in [5.74, 6) is 0. The van der Waals surface area contributed by atoms with Gasteiger partial charge in [0.05, 0.1) is 12.0 Å². The van der Waals surface area contributed by atoms with Gasteiger partial charge in [0.1, 0.15) is 10.0 Å². The molecule has 0 saturated heterocycles. The molecule has 1 N–H and O–H groups in total. The van der Waals surface area contributed by atoms with Crippen molar-refractivity contribution in [1.29, 1.82) is 0 Å². The summed E-state index contributed by atoms with van der Waals surface area (Å²) in [6, 6.07) is 13.6. The number of benzene rings is 2. The lowest BCUT2D eigenvalue weighted by atomic mass is 9.96. The van der Waals surface area contributed by atoms with Crippen molar-refractivity contribution in [3.05, 3.63) is 63.1 Å². The molecule has 0 amide bonds. The first-order valence-corrected chi connectivity index (χ1v) is 16.0. The molecule has 0 radical (unpaired) electrons. The SMILES string of the molecule is CC1(C)CC(c2ccccc2)=[N+](c2c(Cl)cc(Cl)cc2Cl)N1.[Cl][Al-]([Cl])([Cl])[Cl]. The van der Waals surface area contributed by atoms with Gasteiger partial charge in [0, 0.05) is 10.6 Å². The average Bonchev–Trinajstić information content (AvgIpc) is 2.81. The molecule has 0 atom stereocenters. The third-order valence-electron chi connectivity index (χ3n) is 3.61. The number of rotatable bonds is 2. The fourth-order valence-electron chi connectivity index (χ4n) is 2.71. The Balaban J connectivity index is 0.000000465. The van der Waals surface area contributed by atoms with Gasteiger partial charge in [-0.15, -0.1) is 0 Å². The van der Waals surface area contributed by atoms with Gasteiger partial charge in [-0.05, 0) is 38.1 Å². The van der Waals surface area contributed by atoms with Crippen molar-refractivity contribution in [2.75, 3.05) is 0 Å². The predicted octanol–water partition coefficient (Wildman–Crippen LogP) is 7.84. The topological polar surface area (TPSA) is 15.0 Å². The molecule has 1 aliphatic heterocycles. The van der Waals surface area contributed by atoms with Crippen LogP contribution in [0.4, 0.5) is 5.69 Å². The van der Waals surface area contributed by atoms with Gasteiger partial charge in [-0.1, -0.05) is 57.7 Å². The standard InChI is InChI=1S/C17H16Cl3N2.Al.4ClH/c1-17(2)10-15(11-6-4-3-5-7-11)22(21-17)16-13(19)8-12(18)9-14(16)20;;;;;/h3-9,21H,10H2,1-2H3;;4*1H/q+1;+3;;;;/p-4. The second-order valence-electron chi connectivity index (χ2n) is 6.53. The number of nitrogens with zero attached hydrogens (tertiary/aromatic N) is 1. The van der Waals surface area contributed by atoms with E-state index < -0.39 is 9.39 Å². The first-order valence-electron chi connectivity index (χ1n) is 7.88. The van der Waals surface area contributed by atoms with Crippen LogP contribution in [0.25, 0.3) is 0 Å². The van der Waals surface area contributed by atoms with E-state index in [0.717, 1.165) is 23.4 Å². The zero-order chi connectivity index (χ0) is 20.4. The maximum Gasteiger partial charge on any atom is 0.564 e. The highest BCUT2D eigenvalue weighted by molar-refractivity contribution is 7.81. The van der Waals surface area contributed by atoms with E-state index in [1.807, 2.05) is 22.9 Å². The summed E-state index contributed by atoms with van der Waals surface area (Å²) in [6.07, 6.45) is 0.867. The summed E-state index contributed by atoms with van der Waals surface area (Å²) in [4.78, 5) is 0. The molecule has 0 fully saturated rings. The molecule has 2 nitrogen and oxygen atoms in total. The molecule has 0 unspecified atom stereocenters. The quantitative estimate of drug-likeness (QED) is 0.313. The van der Waals surface area contributed by atoms with E-state index in [4.69, 9.17) is 75.0 Å². The van der Waals surface area contributed by atoms with Gasteiger partial charge in [-0.2, -0.15) is 5.43 Å². The van der Waals surface area contributed by atoms with Crippen LogP contribution in [-0.4, -0.2) is 25.3 Å². The maximum atomic E-state index is 6.40. The van der Waals surface area contributed by atoms with Gasteiger partial charge in [0.25, 0.3) is 5.69 Å². The van der Waals surface area contributed by atoms with Gasteiger partial charge >= 0.3 is 9.39 Å². The van der Waals surface area contributed by atoms with E-state index >= 15 is 0 Å². The molecule has 2 aromatic carbocycles. The third-order valence-corrected chi connectivity index (χ3v) is 4.40. The fourth-order valence-corrected chi connectivity index (χ4v) is 3.69. The van der Waals surface area contributed by atoms with Crippen LogP contribution in [0.2, 0.25) is 15.1 Å². The van der Waals surface area contributed by atoms with E-state index in [1.54, 1.807) is 12.1 Å². The van der Waals surface area contributed by atoms with Crippen LogP contribution < -0.4 is 5.43 Å². The van der Waals surface area contributed by atoms with Gasteiger partial charge in [-0.3, -0.25) is 0 Å². The molecule has 0 aliphatic carbocycles. The summed E-state index contributed by atoms with van der Waals surface area (Å²) in [7, 11) is 17.0. The molecule has 10 heteroatoms. The highest BCUT2D eigenvalue weighted by atomic mass is 35.9. The highest BCUT2D eigenvalue weighted by Gasteiger charge is 2.41. The molecule has 1 heterocycles. The molecule has 27 heavy (non-hydrogen) atoms. The minimum atomic E-state index is -2.94. The Labute approximate surface area is 193 Å². The monoisotopic (exact) mass is 520 g/mol. The average molecular weight is 523 g/mol. The van der Waals surface area contributed by atoms with Gasteiger partial charge in [0.15, 0.2) is 0 Å². The van der Waals surface area contributed by atoms with E-state index in [1.165, 1.54) is 0 Å². The van der Waals surface area contributed by atoms with E-state index in [0.29, 0.717) is 15.1 Å². The summed E-state index contributed by atoms with van der Waals surface area (Å²) < 4.78 is 1.98. The molecule has 0 saturated carbocycles. The van der Waals surface area contributed by atoms with Gasteiger partial charge in [-0.25, -0.2) is 0 Å². The Hall–Kier alpha value is 0.472. The number of hydrogen-bond donors (Lipinski definition) is 1. The van der Waals surface area contributed by atoms with Crippen LogP contribution in [0.15, 0.2) is 42.5 Å². The number of hydrazine groups is 1. The first-order chi connectivity index (χ1) is 12.4. The fraction of sp³-hybridized carbons (Fsp3) is 0.235. The number of hydrazone groups is 1. The van der Waals surface area contributed by atoms with Crippen LogP contribution >= 0.6 is 75.0 Å². The van der Waals surface area contributed by atoms with Gasteiger partial charge < -0.3 is 40.2 Å². The summed E-state index contributed by atoms with van der Waals surface area (Å²) in [5, 5.41) is 1.57. The van der Waals surface area contributed by atoms with Crippen molar-refractivity contribution in [2.45, 2.75) is 25.8 Å². The number of halogens is 7. The maximum absolute atomic E-state index is 6.40. The Morgan fingerprint density at radius 3 is 1.89 bits per heavy atom. The zero-order valence-corrected chi connectivity index (χ0v) is 20.9. The van der Waals surface area contributed by atoms with E-state index in [2.05, 4.69) is 31.4 Å². The second kappa shape index (κ2) is 9.52. The zero-order valence-electron chi connectivity index (χ0n) is 14.4. The van der Waals surface area contributed by atoms with Crippen molar-refractivity contribution in [1.82, 2.24) is 5.43 Å². The van der Waals surface area contributed by atoms with Gasteiger partial charge in [0.2, 0.25) is 5.71 Å². The summed E-state index contributed by atoms with van der Waals surface area (Å²) in [5.41, 5.74) is 6.41. The van der Waals surface area contributed by atoms with Crippen LogP contribution in [0.1, 0.15) is 25.8 Å². The molecule has 3 rings (SSSR count). The molecule has 146 valence electrons. The lowest BCUT2D eigenvalue weighted by Gasteiger charge is -2.14. The van der Waals surface area contributed by atoms with E-state index in [-0.39, 0.29) is 5.54 Å². The first kappa shape index (κ1) is 23.7. The Kier molecular flexibility index (Phi) is 8.38. The normalized spacial score (nSPS) is 15.9. The van der Waals surface area contributed by atoms with Crippen LogP contribution in [0.5, 0.6) is 0 Å². The minimum Gasteiger partial charge on any atom is -0.391 e. The second-order valence-corrected chi connectivity index (χ2v) is 20.7. The van der Waals surface area contributed by atoms with Crippen LogP contribution in [-0.2, 0) is 0 Å². The molecule has 2 aromatic rings. The molecule has 0 spiro atoms. The number of hydrogen-bond acceptors (Lipinski definition) is 1. The number of nitrogens with one attached hydrogen (secondary N) is 1. The lowest BCUT2D eigenvalue weighted by Crippen LogP contribution is -2.37. The van der Waals surface area contributed by atoms with E-state index in [9.17, 15) is 0 Å². The summed E-state index contributed by atoms with van der Waals surface area (Å²) >= 11 is 18.8. The molecule has 0 aromatic heterocycles. The van der Waals surface area contributed by atoms with Crippen molar-refractivity contribution in [3.8, 4) is 0 Å². The van der Waals surface area contributed by atoms with Crippen LogP contribution in [0, 0.1) is 0 Å². The smallest absolute Gasteiger partial charge is 0.391 e. The minimum absolute atomic E-state index is 0.0858. The molecular weight excluding hydrogens is 507 g/mol. The third kappa shape index (κ3) is 7.34. The van der Waals surface area contributed by atoms with Crippen molar-refractivity contribution >= 4 is 95.8 Å². The van der Waals surface area contributed by atoms with Crippen molar-refractivity contribution < 1.29 is 4.68 Å².